The summed E-state index contributed by atoms with van der Waals surface area (Å²) in [4.78, 5) is 15.5. The van der Waals surface area contributed by atoms with Crippen LogP contribution in [0.4, 0.5) is 0 Å². The molecule has 1 heterocycles. The number of ketones is 1. The molecule has 20 heavy (non-hydrogen) atoms. The van der Waals surface area contributed by atoms with Gasteiger partial charge in [-0.25, -0.2) is 0 Å². The highest BCUT2D eigenvalue weighted by molar-refractivity contribution is 6.10. The zero-order chi connectivity index (χ0) is 13.9. The van der Waals surface area contributed by atoms with E-state index in [4.69, 9.17) is 0 Å². The monoisotopic (exact) mass is 260 g/mol. The summed E-state index contributed by atoms with van der Waals surface area (Å²) in [5.41, 5.74) is 2.91. The number of aromatic nitrogens is 1. The van der Waals surface area contributed by atoms with E-state index in [0.717, 1.165) is 16.5 Å². The van der Waals surface area contributed by atoms with Gasteiger partial charge in [-0.1, -0.05) is 36.4 Å². The number of H-pyrrole nitrogens is 1. The average molecular weight is 260 g/mol. The van der Waals surface area contributed by atoms with Crippen LogP contribution in [0.2, 0.25) is 0 Å². The van der Waals surface area contributed by atoms with Crippen molar-refractivity contribution in [1.82, 2.24) is 4.98 Å². The molecule has 0 saturated carbocycles. The molecule has 0 fully saturated rings. The SMILES string of the molecule is N#Cc1cccc2[nH]cc(C(=O)Cc3ccccc3)c12. The largest absolute Gasteiger partial charge is 0.360 e. The lowest BCUT2D eigenvalue weighted by molar-refractivity contribution is 0.0994. The van der Waals surface area contributed by atoms with Gasteiger partial charge in [0.15, 0.2) is 5.78 Å². The first-order valence-electron chi connectivity index (χ1n) is 6.37. The third kappa shape index (κ3) is 2.08. The van der Waals surface area contributed by atoms with Crippen molar-refractivity contribution < 1.29 is 4.79 Å². The second-order valence-corrected chi connectivity index (χ2v) is 4.63. The third-order valence-corrected chi connectivity index (χ3v) is 3.33. The lowest BCUT2D eigenvalue weighted by atomic mass is 10.00. The molecule has 3 heteroatoms. The number of nitrogens with zero attached hydrogens (tertiary/aromatic N) is 1. The summed E-state index contributed by atoms with van der Waals surface area (Å²) < 4.78 is 0. The van der Waals surface area contributed by atoms with E-state index in [0.29, 0.717) is 17.5 Å². The number of hydrogen-bond donors (Lipinski definition) is 1. The van der Waals surface area contributed by atoms with Crippen molar-refractivity contribution in [2.24, 2.45) is 0 Å². The predicted octanol–water partition coefficient (Wildman–Crippen LogP) is 3.46. The van der Waals surface area contributed by atoms with Crippen molar-refractivity contribution in [1.29, 1.82) is 5.26 Å². The number of carbonyl (C=O) groups excluding carboxylic acids is 1. The van der Waals surface area contributed by atoms with E-state index in [9.17, 15) is 10.1 Å². The zero-order valence-electron chi connectivity index (χ0n) is 10.8. The molecule has 3 aromatic rings. The van der Waals surface area contributed by atoms with Gasteiger partial charge in [-0.3, -0.25) is 4.79 Å². The van der Waals surface area contributed by atoms with E-state index in [1.54, 1.807) is 12.3 Å². The van der Waals surface area contributed by atoms with Gasteiger partial charge in [0.2, 0.25) is 0 Å². The van der Waals surface area contributed by atoms with Gasteiger partial charge in [0, 0.05) is 29.1 Å². The first-order valence-corrected chi connectivity index (χ1v) is 6.37. The Balaban J connectivity index is 2.03. The summed E-state index contributed by atoms with van der Waals surface area (Å²) in [5.74, 6) is 0.0187. The van der Waals surface area contributed by atoms with Gasteiger partial charge >= 0.3 is 0 Å². The van der Waals surface area contributed by atoms with Crippen molar-refractivity contribution in [3.63, 3.8) is 0 Å². The van der Waals surface area contributed by atoms with Gasteiger partial charge in [0.25, 0.3) is 0 Å². The van der Waals surface area contributed by atoms with E-state index in [-0.39, 0.29) is 5.78 Å². The first kappa shape index (κ1) is 12.2. The summed E-state index contributed by atoms with van der Waals surface area (Å²) >= 11 is 0. The third-order valence-electron chi connectivity index (χ3n) is 3.33. The maximum Gasteiger partial charge on any atom is 0.169 e. The number of nitrogens with one attached hydrogen (secondary N) is 1. The van der Waals surface area contributed by atoms with Crippen LogP contribution in [-0.2, 0) is 6.42 Å². The molecule has 0 radical (unpaired) electrons. The number of aromatic amines is 1. The standard InChI is InChI=1S/C17H12N2O/c18-10-13-7-4-8-15-17(13)14(11-19-15)16(20)9-12-5-2-1-3-6-12/h1-8,11,19H,9H2. The van der Waals surface area contributed by atoms with E-state index in [1.165, 1.54) is 0 Å². The van der Waals surface area contributed by atoms with Crippen LogP contribution in [0.25, 0.3) is 10.9 Å². The van der Waals surface area contributed by atoms with Gasteiger partial charge in [0.1, 0.15) is 0 Å². The lowest BCUT2D eigenvalue weighted by Gasteiger charge is -2.01. The highest BCUT2D eigenvalue weighted by Crippen LogP contribution is 2.23. The number of benzene rings is 2. The van der Waals surface area contributed by atoms with Crippen LogP contribution in [0.3, 0.4) is 0 Å². The van der Waals surface area contributed by atoms with Crippen LogP contribution in [-0.4, -0.2) is 10.8 Å². The molecular weight excluding hydrogens is 248 g/mol. The zero-order valence-corrected chi connectivity index (χ0v) is 10.8. The van der Waals surface area contributed by atoms with Crippen LogP contribution in [0.15, 0.2) is 54.7 Å². The Hall–Kier alpha value is -2.86. The molecule has 3 nitrogen and oxygen atoms in total. The molecule has 3 rings (SSSR count). The van der Waals surface area contributed by atoms with Crippen LogP contribution >= 0.6 is 0 Å². The molecule has 0 bridgehead atoms. The quantitative estimate of drug-likeness (QED) is 0.733. The normalized spacial score (nSPS) is 10.3. The molecule has 1 aromatic heterocycles. The molecule has 96 valence electrons. The minimum Gasteiger partial charge on any atom is -0.360 e. The maximum atomic E-state index is 12.4. The Morgan fingerprint density at radius 1 is 1.10 bits per heavy atom. The molecular formula is C17H12N2O. The smallest absolute Gasteiger partial charge is 0.169 e. The van der Waals surface area contributed by atoms with Gasteiger partial charge < -0.3 is 4.98 Å². The molecule has 1 N–H and O–H groups in total. The summed E-state index contributed by atoms with van der Waals surface area (Å²) in [6.45, 7) is 0. The number of rotatable bonds is 3. The summed E-state index contributed by atoms with van der Waals surface area (Å²) in [7, 11) is 0. The van der Waals surface area contributed by atoms with Crippen molar-refractivity contribution in [3.05, 3.63) is 71.4 Å². The Morgan fingerprint density at radius 3 is 2.65 bits per heavy atom. The Morgan fingerprint density at radius 2 is 1.90 bits per heavy atom. The number of nitriles is 1. The van der Waals surface area contributed by atoms with Crippen molar-refractivity contribution in [3.8, 4) is 6.07 Å². The number of Topliss-reactive ketones (excluding diaryl/α,β-unsaturated/α-hetero) is 1. The van der Waals surface area contributed by atoms with Crippen LogP contribution in [0.5, 0.6) is 0 Å². The molecule has 0 unspecified atom stereocenters. The summed E-state index contributed by atoms with van der Waals surface area (Å²) in [6.07, 6.45) is 2.03. The highest BCUT2D eigenvalue weighted by Gasteiger charge is 2.15. The molecule has 0 aliphatic heterocycles. The molecule has 0 amide bonds. The minimum atomic E-state index is 0.0187. The van der Waals surface area contributed by atoms with Crippen LogP contribution < -0.4 is 0 Å². The van der Waals surface area contributed by atoms with Gasteiger partial charge in [-0.05, 0) is 17.7 Å². The van der Waals surface area contributed by atoms with Crippen molar-refractivity contribution in [2.75, 3.05) is 0 Å². The second-order valence-electron chi connectivity index (χ2n) is 4.63. The van der Waals surface area contributed by atoms with Crippen molar-refractivity contribution in [2.45, 2.75) is 6.42 Å². The number of fused-ring (bicyclic) bond motifs is 1. The molecule has 0 aliphatic carbocycles. The molecule has 0 aliphatic rings. The van der Waals surface area contributed by atoms with E-state index >= 15 is 0 Å². The van der Waals surface area contributed by atoms with E-state index < -0.39 is 0 Å². The minimum absolute atomic E-state index is 0.0187. The molecule has 0 spiro atoms. The summed E-state index contributed by atoms with van der Waals surface area (Å²) in [6, 6.07) is 17.2. The van der Waals surface area contributed by atoms with E-state index in [2.05, 4.69) is 11.1 Å². The van der Waals surface area contributed by atoms with E-state index in [1.807, 2.05) is 42.5 Å². The van der Waals surface area contributed by atoms with Crippen LogP contribution in [0, 0.1) is 11.3 Å². The Bertz CT molecular complexity index is 810. The number of hydrogen-bond acceptors (Lipinski definition) is 2. The van der Waals surface area contributed by atoms with Gasteiger partial charge in [-0.15, -0.1) is 0 Å². The fourth-order valence-electron chi connectivity index (χ4n) is 2.37. The fraction of sp³-hybridized carbons (Fsp3) is 0.0588. The predicted molar refractivity (Wildman–Crippen MR) is 77.5 cm³/mol. The molecule has 2 aromatic carbocycles. The average Bonchev–Trinajstić information content (AvgIpc) is 2.92. The maximum absolute atomic E-state index is 12.4. The lowest BCUT2D eigenvalue weighted by Crippen LogP contribution is -2.03. The van der Waals surface area contributed by atoms with Crippen molar-refractivity contribution >= 4 is 16.7 Å². The fourth-order valence-corrected chi connectivity index (χ4v) is 2.37. The first-order chi connectivity index (χ1) is 9.79. The Labute approximate surface area is 116 Å². The Kier molecular flexibility index (Phi) is 3.06. The van der Waals surface area contributed by atoms with Gasteiger partial charge in [0.05, 0.1) is 11.6 Å². The molecule has 0 atom stereocenters. The number of carbonyl (C=O) groups is 1. The second kappa shape index (κ2) is 5.02. The topological polar surface area (TPSA) is 56.6 Å². The molecule has 0 saturated heterocycles. The highest BCUT2D eigenvalue weighted by atomic mass is 16.1. The van der Waals surface area contributed by atoms with Gasteiger partial charge in [-0.2, -0.15) is 5.26 Å². The van der Waals surface area contributed by atoms with Crippen LogP contribution in [0.1, 0.15) is 21.5 Å². The summed E-state index contributed by atoms with van der Waals surface area (Å²) in [5, 5.41) is 9.89.